The van der Waals surface area contributed by atoms with E-state index in [4.69, 9.17) is 4.52 Å². The average molecular weight is 243 g/mol. The molecule has 0 amide bonds. The van der Waals surface area contributed by atoms with Gasteiger partial charge in [0.1, 0.15) is 0 Å². The van der Waals surface area contributed by atoms with Crippen molar-refractivity contribution in [3.05, 3.63) is 47.1 Å². The van der Waals surface area contributed by atoms with Crippen molar-refractivity contribution in [1.29, 1.82) is 0 Å². The third-order valence-corrected chi connectivity index (χ3v) is 3.11. The summed E-state index contributed by atoms with van der Waals surface area (Å²) in [6, 6.07) is 9.07. The standard InChI is InChI=1S/C14H17N3O/c1-10-2-4-11(5-3-10)8-14-16-13(17-18-14)9-15-12-6-7-12/h2-5,12,15H,6-9H2,1H3. The van der Waals surface area contributed by atoms with Gasteiger partial charge >= 0.3 is 0 Å². The minimum Gasteiger partial charge on any atom is -0.339 e. The van der Waals surface area contributed by atoms with E-state index >= 15 is 0 Å². The number of aromatic nitrogens is 2. The van der Waals surface area contributed by atoms with Crippen LogP contribution in [0.1, 0.15) is 35.7 Å². The van der Waals surface area contributed by atoms with Gasteiger partial charge in [0, 0.05) is 6.04 Å². The van der Waals surface area contributed by atoms with Crippen molar-refractivity contribution in [2.45, 2.75) is 38.8 Å². The lowest BCUT2D eigenvalue weighted by Gasteiger charge is -1.97. The summed E-state index contributed by atoms with van der Waals surface area (Å²) in [7, 11) is 0. The van der Waals surface area contributed by atoms with E-state index in [2.05, 4.69) is 46.6 Å². The molecule has 3 rings (SSSR count). The highest BCUT2D eigenvalue weighted by molar-refractivity contribution is 5.23. The van der Waals surface area contributed by atoms with E-state index in [9.17, 15) is 0 Å². The van der Waals surface area contributed by atoms with E-state index in [0.717, 1.165) is 5.82 Å². The minimum atomic E-state index is 0.670. The van der Waals surface area contributed by atoms with E-state index in [0.29, 0.717) is 24.9 Å². The largest absolute Gasteiger partial charge is 0.339 e. The Balaban J connectivity index is 1.60. The van der Waals surface area contributed by atoms with Gasteiger partial charge < -0.3 is 9.84 Å². The smallest absolute Gasteiger partial charge is 0.231 e. The summed E-state index contributed by atoms with van der Waals surface area (Å²) in [6.07, 6.45) is 3.25. The van der Waals surface area contributed by atoms with Crippen LogP contribution >= 0.6 is 0 Å². The zero-order valence-electron chi connectivity index (χ0n) is 10.5. The first-order chi connectivity index (χ1) is 8.79. The van der Waals surface area contributed by atoms with Crippen LogP contribution < -0.4 is 5.32 Å². The van der Waals surface area contributed by atoms with Gasteiger partial charge in [-0.05, 0) is 25.3 Å². The zero-order chi connectivity index (χ0) is 12.4. The molecule has 1 saturated carbocycles. The fourth-order valence-electron chi connectivity index (χ4n) is 1.84. The SMILES string of the molecule is Cc1ccc(Cc2nc(CNC3CC3)no2)cc1. The van der Waals surface area contributed by atoms with Gasteiger partial charge in [-0.3, -0.25) is 0 Å². The highest BCUT2D eigenvalue weighted by Gasteiger charge is 2.21. The molecule has 0 radical (unpaired) electrons. The lowest BCUT2D eigenvalue weighted by molar-refractivity contribution is 0.377. The Labute approximate surface area is 106 Å². The Hall–Kier alpha value is -1.68. The second-order valence-electron chi connectivity index (χ2n) is 4.92. The number of benzene rings is 1. The predicted octanol–water partition coefficient (Wildman–Crippen LogP) is 2.22. The van der Waals surface area contributed by atoms with E-state index in [-0.39, 0.29) is 0 Å². The monoisotopic (exact) mass is 243 g/mol. The molecule has 1 aliphatic rings. The van der Waals surface area contributed by atoms with Gasteiger partial charge in [-0.15, -0.1) is 0 Å². The van der Waals surface area contributed by atoms with E-state index in [1.807, 2.05) is 0 Å². The first kappa shape index (κ1) is 11.4. The van der Waals surface area contributed by atoms with Crippen molar-refractivity contribution in [3.8, 4) is 0 Å². The Morgan fingerprint density at radius 2 is 2.06 bits per heavy atom. The number of hydrogen-bond donors (Lipinski definition) is 1. The van der Waals surface area contributed by atoms with Gasteiger partial charge in [0.15, 0.2) is 5.82 Å². The lowest BCUT2D eigenvalue weighted by Crippen LogP contribution is -2.16. The van der Waals surface area contributed by atoms with Gasteiger partial charge in [0.2, 0.25) is 5.89 Å². The lowest BCUT2D eigenvalue weighted by atomic mass is 10.1. The first-order valence-corrected chi connectivity index (χ1v) is 6.40. The number of nitrogens with one attached hydrogen (secondary N) is 1. The summed E-state index contributed by atoms with van der Waals surface area (Å²) < 4.78 is 5.25. The molecule has 18 heavy (non-hydrogen) atoms. The second-order valence-corrected chi connectivity index (χ2v) is 4.92. The first-order valence-electron chi connectivity index (χ1n) is 6.40. The summed E-state index contributed by atoms with van der Waals surface area (Å²) in [4.78, 5) is 4.39. The molecular weight excluding hydrogens is 226 g/mol. The maximum absolute atomic E-state index is 5.25. The molecule has 4 nitrogen and oxygen atoms in total. The highest BCUT2D eigenvalue weighted by atomic mass is 16.5. The fraction of sp³-hybridized carbons (Fsp3) is 0.429. The maximum atomic E-state index is 5.25. The normalized spacial score (nSPS) is 14.9. The van der Waals surface area contributed by atoms with Gasteiger partial charge in [-0.1, -0.05) is 35.0 Å². The molecule has 1 fully saturated rings. The van der Waals surface area contributed by atoms with Crippen molar-refractivity contribution in [2.24, 2.45) is 0 Å². The van der Waals surface area contributed by atoms with Crippen molar-refractivity contribution in [1.82, 2.24) is 15.5 Å². The van der Waals surface area contributed by atoms with E-state index < -0.39 is 0 Å². The molecule has 94 valence electrons. The molecule has 0 aliphatic heterocycles. The number of hydrogen-bond acceptors (Lipinski definition) is 4. The number of aryl methyl sites for hydroxylation is 1. The Morgan fingerprint density at radius 1 is 1.28 bits per heavy atom. The molecule has 1 aromatic carbocycles. The number of rotatable bonds is 5. The molecule has 0 saturated heterocycles. The Morgan fingerprint density at radius 3 is 2.78 bits per heavy atom. The molecule has 1 aromatic heterocycles. The second kappa shape index (κ2) is 4.90. The third kappa shape index (κ3) is 2.96. The van der Waals surface area contributed by atoms with Crippen molar-refractivity contribution < 1.29 is 4.52 Å². The van der Waals surface area contributed by atoms with Crippen molar-refractivity contribution in [3.63, 3.8) is 0 Å². The summed E-state index contributed by atoms with van der Waals surface area (Å²) in [5.74, 6) is 1.44. The maximum Gasteiger partial charge on any atom is 0.231 e. The van der Waals surface area contributed by atoms with Gasteiger partial charge in [0.05, 0.1) is 13.0 Å². The van der Waals surface area contributed by atoms with Crippen LogP contribution in [0.5, 0.6) is 0 Å². The minimum absolute atomic E-state index is 0.670. The topological polar surface area (TPSA) is 51.0 Å². The van der Waals surface area contributed by atoms with Crippen LogP contribution in [0, 0.1) is 6.92 Å². The van der Waals surface area contributed by atoms with Crippen LogP contribution in [0.3, 0.4) is 0 Å². The Kier molecular flexibility index (Phi) is 3.11. The quantitative estimate of drug-likeness (QED) is 0.874. The summed E-state index contributed by atoms with van der Waals surface area (Å²) in [6.45, 7) is 2.79. The molecule has 0 bridgehead atoms. The van der Waals surface area contributed by atoms with Crippen LogP contribution in [0.4, 0.5) is 0 Å². The van der Waals surface area contributed by atoms with Crippen LogP contribution in [-0.2, 0) is 13.0 Å². The van der Waals surface area contributed by atoms with E-state index in [1.54, 1.807) is 0 Å². The van der Waals surface area contributed by atoms with Gasteiger partial charge in [-0.2, -0.15) is 4.98 Å². The summed E-state index contributed by atoms with van der Waals surface area (Å²) in [5, 5.41) is 7.35. The molecule has 4 heteroatoms. The van der Waals surface area contributed by atoms with Gasteiger partial charge in [-0.25, -0.2) is 0 Å². The molecular formula is C14H17N3O. The molecule has 1 aliphatic carbocycles. The zero-order valence-corrected chi connectivity index (χ0v) is 10.5. The molecule has 1 heterocycles. The molecule has 2 aromatic rings. The van der Waals surface area contributed by atoms with Crippen molar-refractivity contribution >= 4 is 0 Å². The summed E-state index contributed by atoms with van der Waals surface area (Å²) in [5.41, 5.74) is 2.46. The summed E-state index contributed by atoms with van der Waals surface area (Å²) >= 11 is 0. The van der Waals surface area contributed by atoms with Crippen LogP contribution in [0.15, 0.2) is 28.8 Å². The molecule has 1 N–H and O–H groups in total. The van der Waals surface area contributed by atoms with Crippen LogP contribution in [-0.4, -0.2) is 16.2 Å². The van der Waals surface area contributed by atoms with Crippen LogP contribution in [0.2, 0.25) is 0 Å². The highest BCUT2D eigenvalue weighted by Crippen LogP contribution is 2.19. The van der Waals surface area contributed by atoms with Crippen molar-refractivity contribution in [2.75, 3.05) is 0 Å². The molecule has 0 spiro atoms. The average Bonchev–Trinajstić information content (AvgIpc) is 3.10. The Bertz CT molecular complexity index is 514. The predicted molar refractivity (Wildman–Crippen MR) is 68.1 cm³/mol. The number of nitrogens with zero attached hydrogens (tertiary/aromatic N) is 2. The molecule has 0 unspecified atom stereocenters. The van der Waals surface area contributed by atoms with Crippen LogP contribution in [0.25, 0.3) is 0 Å². The fourth-order valence-corrected chi connectivity index (χ4v) is 1.84. The third-order valence-electron chi connectivity index (χ3n) is 3.11. The van der Waals surface area contributed by atoms with Gasteiger partial charge in [0.25, 0.3) is 0 Å². The van der Waals surface area contributed by atoms with E-state index in [1.165, 1.54) is 24.0 Å². The molecule has 0 atom stereocenters.